The number of nitrogens with zero attached hydrogens (tertiary/aromatic N) is 3. The minimum atomic E-state index is -0.356. The second kappa shape index (κ2) is 8.30. The summed E-state index contributed by atoms with van der Waals surface area (Å²) in [5, 5.41) is 4.06. The third-order valence-electron chi connectivity index (χ3n) is 4.82. The van der Waals surface area contributed by atoms with Gasteiger partial charge in [0.25, 0.3) is 5.91 Å². The number of hydrogen-bond donors (Lipinski definition) is 0. The summed E-state index contributed by atoms with van der Waals surface area (Å²) >= 11 is 0. The molecule has 1 aliphatic heterocycles. The zero-order valence-electron chi connectivity index (χ0n) is 15.9. The van der Waals surface area contributed by atoms with Crippen molar-refractivity contribution in [3.05, 3.63) is 60.2 Å². The Hall–Kier alpha value is -3.42. The molecule has 1 atom stereocenters. The van der Waals surface area contributed by atoms with Crippen LogP contribution in [0.25, 0.3) is 11.4 Å². The van der Waals surface area contributed by atoms with Gasteiger partial charge in [-0.1, -0.05) is 17.3 Å². The molecule has 4 rings (SSSR count). The highest BCUT2D eigenvalue weighted by Crippen LogP contribution is 2.34. The van der Waals surface area contributed by atoms with Crippen LogP contribution in [-0.2, 0) is 4.79 Å². The van der Waals surface area contributed by atoms with Gasteiger partial charge in [0.05, 0.1) is 12.7 Å². The Morgan fingerprint density at radius 1 is 1.24 bits per heavy atom. The van der Waals surface area contributed by atoms with Crippen LogP contribution >= 0.6 is 0 Å². The number of likely N-dealkylation sites (tertiary alicyclic amines) is 1. The van der Waals surface area contributed by atoms with Gasteiger partial charge in [0.15, 0.2) is 6.61 Å². The molecule has 2 aromatic carbocycles. The van der Waals surface area contributed by atoms with Gasteiger partial charge in [-0.05, 0) is 49.2 Å². The number of carbonyl (C=O) groups is 1. The third-order valence-corrected chi connectivity index (χ3v) is 4.82. The number of amides is 1. The third kappa shape index (κ3) is 4.06. The molecule has 7 nitrogen and oxygen atoms in total. The zero-order chi connectivity index (χ0) is 20.2. The average molecular weight is 397 g/mol. The molecule has 1 aliphatic rings. The van der Waals surface area contributed by atoms with Crippen LogP contribution in [0, 0.1) is 5.82 Å². The lowest BCUT2D eigenvalue weighted by Gasteiger charge is -2.21. The summed E-state index contributed by atoms with van der Waals surface area (Å²) in [6, 6.07) is 12.7. The van der Waals surface area contributed by atoms with E-state index in [1.165, 1.54) is 24.3 Å². The molecule has 0 bridgehead atoms. The predicted molar refractivity (Wildman–Crippen MR) is 102 cm³/mol. The van der Waals surface area contributed by atoms with Crippen LogP contribution in [0.5, 0.6) is 11.5 Å². The molecule has 0 saturated carbocycles. The molecule has 1 amide bonds. The number of rotatable bonds is 6. The fraction of sp³-hybridized carbons (Fsp3) is 0.286. The van der Waals surface area contributed by atoms with Crippen molar-refractivity contribution in [2.45, 2.75) is 18.9 Å². The maximum absolute atomic E-state index is 13.0. The Morgan fingerprint density at radius 3 is 2.83 bits per heavy atom. The summed E-state index contributed by atoms with van der Waals surface area (Å²) in [7, 11) is 1.58. The second-order valence-corrected chi connectivity index (χ2v) is 6.64. The molecule has 0 aliphatic carbocycles. The van der Waals surface area contributed by atoms with Crippen LogP contribution in [-0.4, -0.2) is 41.2 Å². The summed E-state index contributed by atoms with van der Waals surface area (Å²) in [6.07, 6.45) is 1.56. The molecule has 1 saturated heterocycles. The maximum atomic E-state index is 13.0. The van der Waals surface area contributed by atoms with Gasteiger partial charge in [0.1, 0.15) is 23.4 Å². The lowest BCUT2D eigenvalue weighted by molar-refractivity contribution is -0.134. The Bertz CT molecular complexity index is 990. The topological polar surface area (TPSA) is 77.7 Å². The van der Waals surface area contributed by atoms with E-state index in [4.69, 9.17) is 14.0 Å². The molecule has 150 valence electrons. The van der Waals surface area contributed by atoms with E-state index in [-0.39, 0.29) is 24.4 Å². The van der Waals surface area contributed by atoms with Crippen molar-refractivity contribution in [3.63, 3.8) is 0 Å². The van der Waals surface area contributed by atoms with Gasteiger partial charge in [-0.2, -0.15) is 4.98 Å². The number of para-hydroxylation sites is 1. The molecular formula is C21H20FN3O4. The van der Waals surface area contributed by atoms with E-state index in [1.807, 2.05) is 24.3 Å². The van der Waals surface area contributed by atoms with Crippen molar-refractivity contribution >= 4 is 5.91 Å². The van der Waals surface area contributed by atoms with Crippen LogP contribution in [0.15, 0.2) is 53.1 Å². The zero-order valence-corrected chi connectivity index (χ0v) is 15.9. The molecule has 0 radical (unpaired) electrons. The summed E-state index contributed by atoms with van der Waals surface area (Å²) < 4.78 is 29.3. The van der Waals surface area contributed by atoms with Crippen molar-refractivity contribution < 1.29 is 23.2 Å². The Kier molecular flexibility index (Phi) is 5.41. The molecule has 8 heteroatoms. The van der Waals surface area contributed by atoms with Crippen LogP contribution < -0.4 is 9.47 Å². The van der Waals surface area contributed by atoms with Crippen molar-refractivity contribution in [2.24, 2.45) is 0 Å². The van der Waals surface area contributed by atoms with Gasteiger partial charge in [-0.25, -0.2) is 4.39 Å². The molecule has 0 N–H and O–H groups in total. The van der Waals surface area contributed by atoms with Crippen molar-refractivity contribution in [2.75, 3.05) is 20.3 Å². The highest BCUT2D eigenvalue weighted by molar-refractivity contribution is 5.78. The average Bonchev–Trinajstić information content (AvgIpc) is 3.42. The Labute approximate surface area is 167 Å². The second-order valence-electron chi connectivity index (χ2n) is 6.64. The number of benzene rings is 2. The summed E-state index contributed by atoms with van der Waals surface area (Å²) in [5.41, 5.74) is 0.723. The smallest absolute Gasteiger partial charge is 0.261 e. The van der Waals surface area contributed by atoms with Crippen LogP contribution in [0.2, 0.25) is 0 Å². The van der Waals surface area contributed by atoms with E-state index in [2.05, 4.69) is 10.1 Å². The molecule has 1 aromatic heterocycles. The van der Waals surface area contributed by atoms with Gasteiger partial charge >= 0.3 is 0 Å². The Balaban J connectivity index is 1.46. The fourth-order valence-electron chi connectivity index (χ4n) is 3.39. The predicted octanol–water partition coefficient (Wildman–Crippen LogP) is 3.63. The number of methoxy groups -OCH3 is 1. The van der Waals surface area contributed by atoms with E-state index >= 15 is 0 Å². The van der Waals surface area contributed by atoms with Crippen molar-refractivity contribution in [1.82, 2.24) is 15.0 Å². The van der Waals surface area contributed by atoms with E-state index in [9.17, 15) is 9.18 Å². The number of ether oxygens (including phenoxy) is 2. The van der Waals surface area contributed by atoms with Gasteiger partial charge < -0.3 is 18.9 Å². The number of carbonyl (C=O) groups excluding carboxylic acids is 1. The highest BCUT2D eigenvalue weighted by Gasteiger charge is 2.34. The summed E-state index contributed by atoms with van der Waals surface area (Å²) in [5.74, 6) is 1.34. The largest absolute Gasteiger partial charge is 0.496 e. The highest BCUT2D eigenvalue weighted by atomic mass is 19.1. The number of aromatic nitrogens is 2. The lowest BCUT2D eigenvalue weighted by atomic mass is 10.2. The van der Waals surface area contributed by atoms with Gasteiger partial charge in [-0.3, -0.25) is 4.79 Å². The van der Waals surface area contributed by atoms with Crippen molar-refractivity contribution in [1.29, 1.82) is 0 Å². The minimum Gasteiger partial charge on any atom is -0.496 e. The summed E-state index contributed by atoms with van der Waals surface area (Å²) in [6.45, 7) is 0.443. The van der Waals surface area contributed by atoms with Gasteiger partial charge in [0, 0.05) is 6.54 Å². The van der Waals surface area contributed by atoms with E-state index in [0.29, 0.717) is 29.8 Å². The molecule has 3 aromatic rings. The quantitative estimate of drug-likeness (QED) is 0.632. The SMILES string of the molecule is COc1ccccc1-c1noc([C@H]2CCCN2C(=O)COc2ccc(F)cc2)n1. The first kappa shape index (κ1) is 18.9. The number of hydrogen-bond acceptors (Lipinski definition) is 6. The molecule has 1 fully saturated rings. The molecule has 29 heavy (non-hydrogen) atoms. The van der Waals surface area contributed by atoms with Crippen LogP contribution in [0.4, 0.5) is 4.39 Å². The van der Waals surface area contributed by atoms with Crippen LogP contribution in [0.1, 0.15) is 24.8 Å². The van der Waals surface area contributed by atoms with E-state index < -0.39 is 0 Å². The van der Waals surface area contributed by atoms with E-state index in [1.54, 1.807) is 12.0 Å². The monoisotopic (exact) mass is 397 g/mol. The van der Waals surface area contributed by atoms with Gasteiger partial charge in [0.2, 0.25) is 11.7 Å². The molecule has 0 spiro atoms. The van der Waals surface area contributed by atoms with Crippen molar-refractivity contribution in [3.8, 4) is 22.9 Å². The van der Waals surface area contributed by atoms with Gasteiger partial charge in [-0.15, -0.1) is 0 Å². The normalized spacial score (nSPS) is 16.1. The Morgan fingerprint density at radius 2 is 2.03 bits per heavy atom. The van der Waals surface area contributed by atoms with E-state index in [0.717, 1.165) is 18.4 Å². The molecule has 0 unspecified atom stereocenters. The lowest BCUT2D eigenvalue weighted by Crippen LogP contribution is -2.34. The standard InChI is InChI=1S/C21H20FN3O4/c1-27-18-7-3-2-5-16(18)20-23-21(29-24-20)17-6-4-12-25(17)19(26)13-28-15-10-8-14(22)9-11-15/h2-3,5,7-11,17H,4,6,12-13H2,1H3/t17-/m1/s1. The fourth-order valence-corrected chi connectivity index (χ4v) is 3.39. The first-order valence-electron chi connectivity index (χ1n) is 9.30. The maximum Gasteiger partial charge on any atom is 0.261 e. The minimum absolute atomic E-state index is 0.143. The molecule has 2 heterocycles. The number of halogens is 1. The first-order valence-corrected chi connectivity index (χ1v) is 9.30. The van der Waals surface area contributed by atoms with Crippen LogP contribution in [0.3, 0.4) is 0 Å². The summed E-state index contributed by atoms with van der Waals surface area (Å²) in [4.78, 5) is 18.8. The first-order chi connectivity index (χ1) is 14.2. The molecular weight excluding hydrogens is 377 g/mol.